The summed E-state index contributed by atoms with van der Waals surface area (Å²) in [6, 6.07) is 12.2. The van der Waals surface area contributed by atoms with Gasteiger partial charge in [0.1, 0.15) is 65.2 Å². The quantitative estimate of drug-likeness (QED) is 0.0467. The molecule has 0 radical (unpaired) electrons. The standard InChI is InChI=1S/C45H52N4O13/c1-24-13-35(53)32-15-28-16-37(62-59-23-44(58,43(57)40(56)36(54)22-50)18-26-3-6-34(52)30-5-4-29(51)17-31(26)30)45(10-12-46-2,9-7-25-14-38(55)48-19-25)61-41(28)39(42(32)60-24)49-20-27-8-11-47-33(27)21-49/h3-6,8,11,13,15,17,20-21,25,36-37,40,43,46-47,50-52,54,56-58H,7,9-10,12,14,16,18-19,22-23H2,1-2H3,(H,48,55)/t25-,36+,37+,40+,43-,44-,45-/m0/s1. The summed E-state index contributed by atoms with van der Waals surface area (Å²) in [6.45, 7) is 0.930. The summed E-state index contributed by atoms with van der Waals surface area (Å²) < 4.78 is 15.4. The third-order valence-electron chi connectivity index (χ3n) is 12.4. The normalized spacial score (nSPS) is 21.4. The van der Waals surface area contributed by atoms with Gasteiger partial charge < -0.3 is 65.1 Å². The van der Waals surface area contributed by atoms with Gasteiger partial charge in [-0.15, -0.1) is 0 Å². The Morgan fingerprint density at radius 2 is 1.84 bits per heavy atom. The van der Waals surface area contributed by atoms with Gasteiger partial charge in [-0.05, 0) is 86.6 Å². The van der Waals surface area contributed by atoms with E-state index in [2.05, 4.69) is 15.6 Å². The number of aliphatic hydroxyl groups excluding tert-OH is 4. The molecule has 17 nitrogen and oxygen atoms in total. The molecule has 6 aromatic rings. The van der Waals surface area contributed by atoms with Gasteiger partial charge in [-0.25, -0.2) is 9.78 Å². The lowest BCUT2D eigenvalue weighted by molar-refractivity contribution is -0.373. The zero-order valence-electron chi connectivity index (χ0n) is 34.3. The molecule has 1 fully saturated rings. The van der Waals surface area contributed by atoms with Gasteiger partial charge in [0.25, 0.3) is 0 Å². The van der Waals surface area contributed by atoms with Crippen LogP contribution in [0.1, 0.15) is 42.6 Å². The van der Waals surface area contributed by atoms with E-state index in [9.17, 15) is 45.3 Å². The number of rotatable bonds is 17. The molecule has 0 unspecified atom stereocenters. The lowest BCUT2D eigenvalue weighted by atomic mass is 9.79. The van der Waals surface area contributed by atoms with Gasteiger partial charge in [0.15, 0.2) is 16.8 Å². The molecule has 3 aromatic heterocycles. The minimum Gasteiger partial charge on any atom is -0.508 e. The van der Waals surface area contributed by atoms with Gasteiger partial charge in [0.05, 0.1) is 17.5 Å². The van der Waals surface area contributed by atoms with Crippen LogP contribution in [-0.2, 0) is 27.4 Å². The highest BCUT2D eigenvalue weighted by Gasteiger charge is 2.49. The maximum atomic E-state index is 13.6. The van der Waals surface area contributed by atoms with Crippen molar-refractivity contribution < 1.29 is 59.5 Å². The third kappa shape index (κ3) is 8.25. The third-order valence-corrected chi connectivity index (χ3v) is 12.4. The van der Waals surface area contributed by atoms with Crippen LogP contribution in [0, 0.1) is 12.8 Å². The number of amides is 1. The van der Waals surface area contributed by atoms with E-state index in [1.54, 1.807) is 20.0 Å². The van der Waals surface area contributed by atoms with Crippen LogP contribution in [0.4, 0.5) is 0 Å². The molecule has 330 valence electrons. The topological polar surface area (TPSA) is 261 Å². The number of hydrogen-bond donors (Lipinski definition) is 10. The number of carbonyl (C=O) groups excluding carboxylic acids is 1. The van der Waals surface area contributed by atoms with Crippen molar-refractivity contribution >= 4 is 38.6 Å². The summed E-state index contributed by atoms with van der Waals surface area (Å²) in [5.74, 6) is 0.591. The first kappa shape index (κ1) is 43.2. The molecule has 17 heteroatoms. The fraction of sp³-hybridized carbons (Fsp3) is 0.422. The first-order chi connectivity index (χ1) is 29.7. The van der Waals surface area contributed by atoms with Gasteiger partial charge in [-0.2, -0.15) is 0 Å². The molecular formula is C45H52N4O13. The predicted octanol–water partition coefficient (Wildman–Crippen LogP) is 2.50. The number of phenols is 2. The highest BCUT2D eigenvalue weighted by atomic mass is 17.2. The molecule has 3 aromatic carbocycles. The van der Waals surface area contributed by atoms with Crippen molar-refractivity contribution in [3.05, 3.63) is 94.2 Å². The molecule has 8 rings (SSSR count). The van der Waals surface area contributed by atoms with Crippen LogP contribution in [0.25, 0.3) is 38.3 Å². The Bertz CT molecular complexity index is 2630. The van der Waals surface area contributed by atoms with E-state index in [0.29, 0.717) is 88.8 Å². The Morgan fingerprint density at radius 3 is 2.58 bits per heavy atom. The fourth-order valence-electron chi connectivity index (χ4n) is 8.94. The van der Waals surface area contributed by atoms with Gasteiger partial charge in [-0.3, -0.25) is 9.59 Å². The molecule has 62 heavy (non-hydrogen) atoms. The Morgan fingerprint density at radius 1 is 1.02 bits per heavy atom. The van der Waals surface area contributed by atoms with Crippen molar-refractivity contribution in [2.24, 2.45) is 5.92 Å². The first-order valence-corrected chi connectivity index (χ1v) is 20.7. The number of aromatic amines is 1. The average molecular weight is 857 g/mol. The number of aromatic nitrogens is 2. The van der Waals surface area contributed by atoms with E-state index in [-0.39, 0.29) is 35.2 Å². The number of carbonyl (C=O) groups is 1. The van der Waals surface area contributed by atoms with Crippen LogP contribution < -0.4 is 20.8 Å². The number of nitrogens with zero attached hydrogens (tertiary/aromatic N) is 1. The average Bonchev–Trinajstić information content (AvgIpc) is 3.99. The number of benzene rings is 3. The van der Waals surface area contributed by atoms with Crippen LogP contribution in [0.15, 0.2) is 76.3 Å². The van der Waals surface area contributed by atoms with Crippen LogP contribution in [0.5, 0.6) is 17.2 Å². The van der Waals surface area contributed by atoms with Crippen LogP contribution in [-0.4, -0.2) is 120 Å². The molecule has 5 heterocycles. The monoisotopic (exact) mass is 856 g/mol. The highest BCUT2D eigenvalue weighted by Crippen LogP contribution is 2.47. The van der Waals surface area contributed by atoms with E-state index in [0.717, 1.165) is 10.9 Å². The number of aryl methyl sites for hydroxylation is 1. The summed E-state index contributed by atoms with van der Waals surface area (Å²) in [5, 5.41) is 83.6. The largest absolute Gasteiger partial charge is 0.508 e. The van der Waals surface area contributed by atoms with Gasteiger partial charge in [0.2, 0.25) is 5.91 Å². The van der Waals surface area contributed by atoms with Gasteiger partial charge in [0, 0.05) is 73.2 Å². The lowest BCUT2D eigenvalue weighted by Gasteiger charge is -2.45. The molecule has 2 aliphatic heterocycles. The predicted molar refractivity (Wildman–Crippen MR) is 226 cm³/mol. The molecule has 2 aliphatic rings. The van der Waals surface area contributed by atoms with Crippen molar-refractivity contribution in [3.63, 3.8) is 0 Å². The van der Waals surface area contributed by atoms with Crippen molar-refractivity contribution in [1.82, 2.24) is 20.2 Å². The molecule has 0 saturated carbocycles. The number of phenolic OH excluding ortho intramolecular Hbond substituents is 2. The highest BCUT2D eigenvalue weighted by molar-refractivity contribution is 5.92. The minimum atomic E-state index is -2.42. The number of fused-ring (bicyclic) bond motifs is 4. The second-order valence-electron chi connectivity index (χ2n) is 16.7. The molecule has 7 atom stereocenters. The van der Waals surface area contributed by atoms with Crippen LogP contribution >= 0.6 is 0 Å². The van der Waals surface area contributed by atoms with Gasteiger partial charge >= 0.3 is 0 Å². The Kier molecular flexibility index (Phi) is 12.1. The molecular weight excluding hydrogens is 805 g/mol. The molecule has 1 saturated heterocycles. The number of H-pyrrole nitrogens is 1. The summed E-state index contributed by atoms with van der Waals surface area (Å²) in [4.78, 5) is 41.4. The van der Waals surface area contributed by atoms with Crippen molar-refractivity contribution in [3.8, 4) is 22.9 Å². The van der Waals surface area contributed by atoms with Crippen molar-refractivity contribution in [2.75, 3.05) is 33.4 Å². The number of aliphatic hydroxyl groups is 5. The Balaban J connectivity index is 1.20. The van der Waals surface area contributed by atoms with E-state index in [1.165, 1.54) is 36.4 Å². The Hall–Kier alpha value is -5.50. The maximum Gasteiger partial charge on any atom is 0.220 e. The smallest absolute Gasteiger partial charge is 0.220 e. The molecule has 10 N–H and O–H groups in total. The molecule has 0 aliphatic carbocycles. The first-order valence-electron chi connectivity index (χ1n) is 20.7. The van der Waals surface area contributed by atoms with Crippen molar-refractivity contribution in [2.45, 2.75) is 81.1 Å². The molecule has 0 spiro atoms. The second-order valence-corrected chi connectivity index (χ2v) is 16.7. The van der Waals surface area contributed by atoms with Crippen molar-refractivity contribution in [1.29, 1.82) is 0 Å². The summed E-state index contributed by atoms with van der Waals surface area (Å²) in [5.41, 5.74) is -1.24. The number of hydrogen-bond acceptors (Lipinski definition) is 14. The molecule has 1 amide bonds. The van der Waals surface area contributed by atoms with E-state index < -0.39 is 55.3 Å². The van der Waals surface area contributed by atoms with Crippen LogP contribution in [0.2, 0.25) is 0 Å². The van der Waals surface area contributed by atoms with Gasteiger partial charge in [-0.1, -0.05) is 6.07 Å². The minimum absolute atomic E-state index is 0.00167. The summed E-state index contributed by atoms with van der Waals surface area (Å²) in [6.07, 6.45) is 0.00521. The zero-order valence-corrected chi connectivity index (χ0v) is 34.3. The number of ether oxygens (including phenoxy) is 1. The van der Waals surface area contributed by atoms with E-state index in [4.69, 9.17) is 18.9 Å². The zero-order chi connectivity index (χ0) is 43.9. The summed E-state index contributed by atoms with van der Waals surface area (Å²) >= 11 is 0. The number of aromatic hydroxyl groups is 2. The fourth-order valence-corrected chi connectivity index (χ4v) is 8.94. The van der Waals surface area contributed by atoms with E-state index >= 15 is 0 Å². The Labute approximate surface area is 355 Å². The lowest BCUT2D eigenvalue weighted by Crippen LogP contribution is -2.58. The van der Waals surface area contributed by atoms with Crippen LogP contribution in [0.3, 0.4) is 0 Å². The molecule has 0 bridgehead atoms. The SMILES string of the molecule is CNCC[C@]1(CC[C@@H]2CNC(=O)C2)Oc2c(cc3c(=O)cc(C)oc3c2-n2cc3cc[nH]c3c2)C[C@H]1OOC[C@@](O)(Cc1ccc(O)c2ccc(O)cc12)[C@@H](O)[C@H](O)[C@H](O)CO. The maximum absolute atomic E-state index is 13.6. The number of nitrogens with one attached hydrogen (secondary N) is 3. The second kappa shape index (κ2) is 17.3. The van der Waals surface area contributed by atoms with E-state index in [1.807, 2.05) is 29.2 Å². The summed E-state index contributed by atoms with van der Waals surface area (Å²) in [7, 11) is 1.80.